The van der Waals surface area contributed by atoms with Crippen molar-refractivity contribution >= 4 is 58.2 Å². The number of nitriles is 1. The second kappa shape index (κ2) is 10.8. The SMILES string of the molecule is Cc1ccc(NC(=O)/C(C#N)=C2\SC(Cc3cccc(Cl)c3Cl)C(=O)N2c2ccc(C)c(C)c2)cc1. The Morgan fingerprint density at radius 2 is 1.78 bits per heavy atom. The van der Waals surface area contributed by atoms with Gasteiger partial charge in [-0.2, -0.15) is 5.26 Å². The second-order valence-electron chi connectivity index (χ2n) is 8.58. The quantitative estimate of drug-likeness (QED) is 0.282. The molecule has 1 saturated heterocycles. The zero-order chi connectivity index (χ0) is 26.0. The molecule has 3 aromatic rings. The number of halogens is 2. The molecule has 4 rings (SSSR count). The molecule has 1 aliphatic heterocycles. The van der Waals surface area contributed by atoms with E-state index >= 15 is 0 Å². The summed E-state index contributed by atoms with van der Waals surface area (Å²) in [5.41, 5.74) is 4.87. The molecular formula is C28H23Cl2N3O2S. The van der Waals surface area contributed by atoms with Crippen molar-refractivity contribution in [3.05, 3.63) is 104 Å². The van der Waals surface area contributed by atoms with Crippen LogP contribution in [0, 0.1) is 32.1 Å². The van der Waals surface area contributed by atoms with Crippen molar-refractivity contribution in [2.24, 2.45) is 0 Å². The molecule has 0 aliphatic carbocycles. The molecule has 3 aromatic carbocycles. The number of nitrogens with one attached hydrogen (secondary N) is 1. The van der Waals surface area contributed by atoms with Crippen molar-refractivity contribution in [3.63, 3.8) is 0 Å². The number of nitrogens with zero attached hydrogens (tertiary/aromatic N) is 2. The lowest BCUT2D eigenvalue weighted by molar-refractivity contribution is -0.117. The molecule has 2 amide bonds. The first-order chi connectivity index (χ1) is 17.2. The number of amides is 2. The number of aryl methyl sites for hydroxylation is 3. The third-order valence-corrected chi connectivity index (χ3v) is 8.12. The fourth-order valence-electron chi connectivity index (χ4n) is 3.82. The van der Waals surface area contributed by atoms with E-state index in [9.17, 15) is 14.9 Å². The first kappa shape index (κ1) is 25.8. The van der Waals surface area contributed by atoms with Gasteiger partial charge in [0.1, 0.15) is 16.7 Å². The normalized spacial score (nSPS) is 16.6. The van der Waals surface area contributed by atoms with Crippen molar-refractivity contribution < 1.29 is 9.59 Å². The monoisotopic (exact) mass is 535 g/mol. The minimum Gasteiger partial charge on any atom is -0.321 e. The minimum absolute atomic E-state index is 0.133. The highest BCUT2D eigenvalue weighted by molar-refractivity contribution is 8.05. The molecule has 36 heavy (non-hydrogen) atoms. The van der Waals surface area contributed by atoms with E-state index < -0.39 is 11.2 Å². The van der Waals surface area contributed by atoms with Gasteiger partial charge < -0.3 is 5.32 Å². The van der Waals surface area contributed by atoms with Crippen molar-refractivity contribution in [2.75, 3.05) is 10.2 Å². The molecule has 0 spiro atoms. The van der Waals surface area contributed by atoms with Crippen LogP contribution in [0.3, 0.4) is 0 Å². The Kier molecular flexibility index (Phi) is 7.75. The molecule has 0 saturated carbocycles. The molecule has 0 radical (unpaired) electrons. The average molecular weight is 536 g/mol. The summed E-state index contributed by atoms with van der Waals surface area (Å²) >= 11 is 13.8. The number of rotatable bonds is 5. The summed E-state index contributed by atoms with van der Waals surface area (Å²) < 4.78 is 0. The number of anilines is 2. The highest BCUT2D eigenvalue weighted by Gasteiger charge is 2.41. The van der Waals surface area contributed by atoms with E-state index in [0.29, 0.717) is 32.9 Å². The van der Waals surface area contributed by atoms with Gasteiger partial charge in [0.05, 0.1) is 15.3 Å². The van der Waals surface area contributed by atoms with Crippen molar-refractivity contribution in [1.29, 1.82) is 5.26 Å². The summed E-state index contributed by atoms with van der Waals surface area (Å²) in [6.45, 7) is 5.88. The van der Waals surface area contributed by atoms with Crippen LogP contribution in [0.25, 0.3) is 0 Å². The third-order valence-electron chi connectivity index (χ3n) is 6.00. The molecule has 1 atom stereocenters. The van der Waals surface area contributed by atoms with Gasteiger partial charge in [-0.05, 0) is 74.2 Å². The molecular weight excluding hydrogens is 513 g/mol. The van der Waals surface area contributed by atoms with E-state index in [4.69, 9.17) is 23.2 Å². The maximum atomic E-state index is 13.7. The summed E-state index contributed by atoms with van der Waals surface area (Å²) in [7, 11) is 0. The average Bonchev–Trinajstić information content (AvgIpc) is 3.16. The van der Waals surface area contributed by atoms with Gasteiger partial charge in [-0.1, -0.05) is 70.9 Å². The van der Waals surface area contributed by atoms with Gasteiger partial charge >= 0.3 is 0 Å². The standard InChI is InChI=1S/C28H23Cl2N3O2S/c1-16-7-10-20(11-8-16)32-26(34)22(15-31)28-33(21-12-9-17(2)18(3)13-21)27(35)24(36-28)14-19-5-4-6-23(29)25(19)30/h4-13,24H,14H2,1-3H3,(H,32,34)/b28-22-. The van der Waals surface area contributed by atoms with Gasteiger partial charge in [0.15, 0.2) is 0 Å². The highest BCUT2D eigenvalue weighted by atomic mass is 35.5. The number of carbonyl (C=O) groups is 2. The number of benzene rings is 3. The fraction of sp³-hybridized carbons (Fsp3) is 0.179. The Labute approximate surface area is 224 Å². The van der Waals surface area contributed by atoms with Crippen LogP contribution >= 0.6 is 35.0 Å². The Balaban J connectivity index is 1.76. The van der Waals surface area contributed by atoms with Crippen molar-refractivity contribution in [2.45, 2.75) is 32.4 Å². The van der Waals surface area contributed by atoms with E-state index in [0.717, 1.165) is 22.3 Å². The topological polar surface area (TPSA) is 73.2 Å². The molecule has 1 aliphatic rings. The molecule has 1 fully saturated rings. The van der Waals surface area contributed by atoms with E-state index in [1.807, 2.05) is 63.2 Å². The maximum absolute atomic E-state index is 13.7. The largest absolute Gasteiger partial charge is 0.321 e. The minimum atomic E-state index is -0.590. The van der Waals surface area contributed by atoms with Crippen LogP contribution in [0.15, 0.2) is 71.3 Å². The summed E-state index contributed by atoms with van der Waals surface area (Å²) in [6, 6.07) is 20.2. The lowest BCUT2D eigenvalue weighted by Gasteiger charge is -2.20. The summed E-state index contributed by atoms with van der Waals surface area (Å²) in [5.74, 6) is -0.808. The van der Waals surface area contributed by atoms with Crippen LogP contribution in [0.1, 0.15) is 22.3 Å². The van der Waals surface area contributed by atoms with Crippen LogP contribution in [-0.2, 0) is 16.0 Å². The number of thioether (sulfide) groups is 1. The fourth-order valence-corrected chi connectivity index (χ4v) is 5.52. The molecule has 5 nitrogen and oxygen atoms in total. The molecule has 1 N–H and O–H groups in total. The number of hydrogen-bond donors (Lipinski definition) is 1. The van der Waals surface area contributed by atoms with Crippen LogP contribution in [0.5, 0.6) is 0 Å². The molecule has 1 unspecified atom stereocenters. The lowest BCUT2D eigenvalue weighted by Crippen LogP contribution is -2.31. The Hall–Kier alpha value is -3.24. The lowest BCUT2D eigenvalue weighted by atomic mass is 10.1. The van der Waals surface area contributed by atoms with Crippen LogP contribution in [-0.4, -0.2) is 17.1 Å². The molecule has 182 valence electrons. The van der Waals surface area contributed by atoms with Crippen LogP contribution in [0.2, 0.25) is 10.0 Å². The van der Waals surface area contributed by atoms with Crippen molar-refractivity contribution in [3.8, 4) is 6.07 Å². The van der Waals surface area contributed by atoms with Crippen LogP contribution < -0.4 is 10.2 Å². The Morgan fingerprint density at radius 1 is 1.06 bits per heavy atom. The van der Waals surface area contributed by atoms with E-state index in [1.54, 1.807) is 24.3 Å². The molecule has 1 heterocycles. The van der Waals surface area contributed by atoms with Crippen molar-refractivity contribution in [1.82, 2.24) is 0 Å². The third kappa shape index (κ3) is 5.29. The highest BCUT2D eigenvalue weighted by Crippen LogP contribution is 2.43. The first-order valence-corrected chi connectivity index (χ1v) is 12.9. The van der Waals surface area contributed by atoms with E-state index in [2.05, 4.69) is 5.32 Å². The summed E-state index contributed by atoms with van der Waals surface area (Å²) in [5, 5.41) is 13.3. The predicted octanol–water partition coefficient (Wildman–Crippen LogP) is 6.98. The van der Waals surface area contributed by atoms with Gasteiger partial charge in [0.2, 0.25) is 5.91 Å². The molecule has 8 heteroatoms. The number of carbonyl (C=O) groups excluding carboxylic acids is 2. The van der Waals surface area contributed by atoms with E-state index in [1.165, 1.54) is 16.7 Å². The number of hydrogen-bond acceptors (Lipinski definition) is 4. The summed E-state index contributed by atoms with van der Waals surface area (Å²) in [6.07, 6.45) is 0.298. The Bertz CT molecular complexity index is 1430. The molecule has 0 aromatic heterocycles. The van der Waals surface area contributed by atoms with E-state index in [-0.39, 0.29) is 11.5 Å². The van der Waals surface area contributed by atoms with Gasteiger partial charge in [0, 0.05) is 11.4 Å². The van der Waals surface area contributed by atoms with Gasteiger partial charge in [-0.3, -0.25) is 14.5 Å². The van der Waals surface area contributed by atoms with Gasteiger partial charge in [0.25, 0.3) is 5.91 Å². The zero-order valence-corrected chi connectivity index (χ0v) is 22.3. The van der Waals surface area contributed by atoms with Gasteiger partial charge in [-0.15, -0.1) is 0 Å². The first-order valence-electron chi connectivity index (χ1n) is 11.2. The second-order valence-corrected chi connectivity index (χ2v) is 10.6. The Morgan fingerprint density at radius 3 is 2.44 bits per heavy atom. The molecule has 0 bridgehead atoms. The smallest absolute Gasteiger partial charge is 0.269 e. The maximum Gasteiger partial charge on any atom is 0.269 e. The zero-order valence-electron chi connectivity index (χ0n) is 19.9. The van der Waals surface area contributed by atoms with Gasteiger partial charge in [-0.25, -0.2) is 0 Å². The summed E-state index contributed by atoms with van der Waals surface area (Å²) in [4.78, 5) is 28.4. The predicted molar refractivity (Wildman–Crippen MR) is 147 cm³/mol. The van der Waals surface area contributed by atoms with Crippen LogP contribution in [0.4, 0.5) is 11.4 Å².